The minimum absolute atomic E-state index is 0.247. The molecule has 1 aromatic carbocycles. The van der Waals surface area contributed by atoms with Crippen LogP contribution in [0, 0.1) is 0 Å². The first-order valence-electron chi connectivity index (χ1n) is 5.95. The van der Waals surface area contributed by atoms with E-state index in [9.17, 15) is 13.2 Å². The highest BCUT2D eigenvalue weighted by atomic mass is 79.9. The van der Waals surface area contributed by atoms with E-state index in [0.29, 0.717) is 25.1 Å². The molecule has 0 bridgehead atoms. The summed E-state index contributed by atoms with van der Waals surface area (Å²) < 4.78 is 26.1. The summed E-state index contributed by atoms with van der Waals surface area (Å²) in [7, 11) is -3.43. The number of nitrogens with one attached hydrogen (secondary N) is 1. The Balaban J connectivity index is 2.25. The molecule has 1 spiro atoms. The second-order valence-electron chi connectivity index (χ2n) is 4.94. The summed E-state index contributed by atoms with van der Waals surface area (Å²) in [5, 5.41) is 2.79. The van der Waals surface area contributed by atoms with E-state index in [4.69, 9.17) is 0 Å². The molecule has 2 heterocycles. The van der Waals surface area contributed by atoms with Crippen molar-refractivity contribution in [2.75, 3.05) is 18.1 Å². The van der Waals surface area contributed by atoms with Crippen LogP contribution >= 0.6 is 15.9 Å². The average Bonchev–Trinajstić information content (AvgIpc) is 2.85. The normalized spacial score (nSPS) is 26.7. The van der Waals surface area contributed by atoms with Crippen LogP contribution in [0.1, 0.15) is 18.4 Å². The van der Waals surface area contributed by atoms with Crippen LogP contribution in [0.2, 0.25) is 0 Å². The molecule has 0 radical (unpaired) electrons. The monoisotopic (exact) mass is 344 g/mol. The molecule has 3 rings (SSSR count). The van der Waals surface area contributed by atoms with Gasteiger partial charge in [0.15, 0.2) is 0 Å². The van der Waals surface area contributed by atoms with E-state index >= 15 is 0 Å². The van der Waals surface area contributed by atoms with Gasteiger partial charge in [0.05, 0.1) is 6.26 Å². The highest BCUT2D eigenvalue weighted by Gasteiger charge is 2.56. The van der Waals surface area contributed by atoms with Crippen LogP contribution in [-0.2, 0) is 20.4 Å². The van der Waals surface area contributed by atoms with Gasteiger partial charge in [0.2, 0.25) is 10.0 Å². The largest absolute Gasteiger partial charge is 0.324 e. The number of hydrogen-bond donors (Lipinski definition) is 1. The topological polar surface area (TPSA) is 66.5 Å². The van der Waals surface area contributed by atoms with E-state index in [1.165, 1.54) is 4.31 Å². The van der Waals surface area contributed by atoms with Gasteiger partial charge in [0.25, 0.3) is 5.91 Å². The predicted molar refractivity (Wildman–Crippen MR) is 75.2 cm³/mol. The highest BCUT2D eigenvalue weighted by Crippen LogP contribution is 2.48. The third-order valence-corrected chi connectivity index (χ3v) is 5.57. The number of halogens is 1. The molecule has 0 saturated carbocycles. The Labute approximate surface area is 120 Å². The molecule has 1 amide bonds. The molecule has 2 aliphatic rings. The summed E-state index contributed by atoms with van der Waals surface area (Å²) in [6.45, 7) is 0.387. The van der Waals surface area contributed by atoms with Gasteiger partial charge in [-0.05, 0) is 31.0 Å². The number of sulfonamides is 1. The second-order valence-corrected chi connectivity index (χ2v) is 7.77. The number of amides is 1. The smallest absolute Gasteiger partial charge is 0.250 e. The lowest BCUT2D eigenvalue weighted by atomic mass is 9.90. The fraction of sp³-hybridized carbons (Fsp3) is 0.417. The van der Waals surface area contributed by atoms with Gasteiger partial charge in [-0.25, -0.2) is 8.42 Å². The first kappa shape index (κ1) is 13.1. The van der Waals surface area contributed by atoms with Gasteiger partial charge in [-0.2, -0.15) is 4.31 Å². The molecule has 0 aliphatic carbocycles. The van der Waals surface area contributed by atoms with E-state index in [1.54, 1.807) is 6.07 Å². The third kappa shape index (κ3) is 1.75. The second kappa shape index (κ2) is 4.04. The van der Waals surface area contributed by atoms with Crippen molar-refractivity contribution in [3.63, 3.8) is 0 Å². The summed E-state index contributed by atoms with van der Waals surface area (Å²) in [4.78, 5) is 12.4. The number of fused-ring (bicyclic) bond motifs is 2. The van der Waals surface area contributed by atoms with E-state index < -0.39 is 15.6 Å². The lowest BCUT2D eigenvalue weighted by Crippen LogP contribution is -2.49. The van der Waals surface area contributed by atoms with Crippen LogP contribution in [0.5, 0.6) is 0 Å². The first-order chi connectivity index (χ1) is 8.85. The van der Waals surface area contributed by atoms with Gasteiger partial charge in [0, 0.05) is 22.3 Å². The minimum atomic E-state index is -3.43. The molecule has 102 valence electrons. The average molecular weight is 345 g/mol. The molecule has 1 atom stereocenters. The molecule has 1 unspecified atom stereocenters. The van der Waals surface area contributed by atoms with Gasteiger partial charge in [-0.1, -0.05) is 15.9 Å². The molecular weight excluding hydrogens is 332 g/mol. The van der Waals surface area contributed by atoms with Crippen molar-refractivity contribution >= 4 is 37.5 Å². The SMILES string of the molecule is CS(=O)(=O)N1CCCC12C(=O)Nc1ccc(Br)cc12. The zero-order chi connectivity index (χ0) is 13.8. The molecule has 1 fully saturated rings. The Morgan fingerprint density at radius 3 is 2.84 bits per heavy atom. The van der Waals surface area contributed by atoms with Crippen molar-refractivity contribution in [1.29, 1.82) is 0 Å². The van der Waals surface area contributed by atoms with Crippen LogP contribution in [0.25, 0.3) is 0 Å². The molecular formula is C12H13BrN2O3S. The van der Waals surface area contributed by atoms with Crippen molar-refractivity contribution in [2.24, 2.45) is 0 Å². The minimum Gasteiger partial charge on any atom is -0.324 e. The lowest BCUT2D eigenvalue weighted by Gasteiger charge is -2.31. The first-order valence-corrected chi connectivity index (χ1v) is 8.59. The zero-order valence-corrected chi connectivity index (χ0v) is 12.7. The van der Waals surface area contributed by atoms with Gasteiger partial charge in [0.1, 0.15) is 5.54 Å². The molecule has 5 nitrogen and oxygen atoms in total. The van der Waals surface area contributed by atoms with Crippen LogP contribution in [0.4, 0.5) is 5.69 Å². The zero-order valence-electron chi connectivity index (χ0n) is 10.3. The number of carbonyl (C=O) groups is 1. The lowest BCUT2D eigenvalue weighted by molar-refractivity contribution is -0.123. The number of benzene rings is 1. The van der Waals surface area contributed by atoms with Crippen molar-refractivity contribution < 1.29 is 13.2 Å². The van der Waals surface area contributed by atoms with E-state index in [1.807, 2.05) is 12.1 Å². The van der Waals surface area contributed by atoms with Crippen LogP contribution in [0.3, 0.4) is 0 Å². The molecule has 19 heavy (non-hydrogen) atoms. The standard InChI is InChI=1S/C12H13BrN2O3S/c1-19(17,18)15-6-2-5-12(15)9-7-8(13)3-4-10(9)14-11(12)16/h3-4,7H,2,5-6H2,1H3,(H,14,16). The van der Waals surface area contributed by atoms with Crippen LogP contribution < -0.4 is 5.32 Å². The van der Waals surface area contributed by atoms with Gasteiger partial charge < -0.3 is 5.32 Å². The van der Waals surface area contributed by atoms with Crippen molar-refractivity contribution in [3.05, 3.63) is 28.2 Å². The molecule has 1 N–H and O–H groups in total. The molecule has 1 saturated heterocycles. The van der Waals surface area contributed by atoms with Gasteiger partial charge in [-0.15, -0.1) is 0 Å². The van der Waals surface area contributed by atoms with Crippen molar-refractivity contribution in [1.82, 2.24) is 4.31 Å². The van der Waals surface area contributed by atoms with Gasteiger partial charge >= 0.3 is 0 Å². The Morgan fingerprint density at radius 1 is 1.42 bits per heavy atom. The van der Waals surface area contributed by atoms with E-state index in [0.717, 1.165) is 16.3 Å². The maximum Gasteiger partial charge on any atom is 0.250 e. The van der Waals surface area contributed by atoms with E-state index in [-0.39, 0.29) is 5.91 Å². The summed E-state index contributed by atoms with van der Waals surface area (Å²) >= 11 is 3.38. The van der Waals surface area contributed by atoms with Crippen LogP contribution in [-0.4, -0.2) is 31.4 Å². The Kier molecular flexibility index (Phi) is 2.78. The van der Waals surface area contributed by atoms with Crippen molar-refractivity contribution in [2.45, 2.75) is 18.4 Å². The fourth-order valence-corrected chi connectivity index (χ4v) is 4.71. The number of hydrogen-bond acceptors (Lipinski definition) is 3. The Morgan fingerprint density at radius 2 is 2.16 bits per heavy atom. The quantitative estimate of drug-likeness (QED) is 0.842. The number of anilines is 1. The van der Waals surface area contributed by atoms with Crippen LogP contribution in [0.15, 0.2) is 22.7 Å². The summed E-state index contributed by atoms with van der Waals surface area (Å²) in [6.07, 6.45) is 2.37. The molecule has 0 aromatic heterocycles. The van der Waals surface area contributed by atoms with Gasteiger partial charge in [-0.3, -0.25) is 4.79 Å². The number of carbonyl (C=O) groups excluding carboxylic acids is 1. The maximum atomic E-state index is 12.4. The third-order valence-electron chi connectivity index (χ3n) is 3.78. The summed E-state index contributed by atoms with van der Waals surface area (Å²) in [6, 6.07) is 5.46. The summed E-state index contributed by atoms with van der Waals surface area (Å²) in [5.74, 6) is -0.247. The van der Waals surface area contributed by atoms with Crippen molar-refractivity contribution in [3.8, 4) is 0 Å². The molecule has 7 heteroatoms. The molecule has 1 aromatic rings. The fourth-order valence-electron chi connectivity index (χ4n) is 3.05. The molecule has 2 aliphatic heterocycles. The Bertz CT molecular complexity index is 674. The highest BCUT2D eigenvalue weighted by molar-refractivity contribution is 9.10. The number of nitrogens with zero attached hydrogens (tertiary/aromatic N) is 1. The van der Waals surface area contributed by atoms with E-state index in [2.05, 4.69) is 21.2 Å². The summed E-state index contributed by atoms with van der Waals surface area (Å²) in [5.41, 5.74) is 0.380. The predicted octanol–water partition coefficient (Wildman–Crippen LogP) is 1.65. The maximum absolute atomic E-state index is 12.4. The Hall–Kier alpha value is -0.920. The number of rotatable bonds is 1.